The van der Waals surface area contributed by atoms with E-state index in [1.54, 1.807) is 0 Å². The van der Waals surface area contributed by atoms with Gasteiger partial charge in [-0.05, 0) is 12.5 Å². The first-order chi connectivity index (χ1) is 10.8. The van der Waals surface area contributed by atoms with Crippen LogP contribution in [0.5, 0.6) is 0 Å². The lowest BCUT2D eigenvalue weighted by Crippen LogP contribution is -2.20. The van der Waals surface area contributed by atoms with Crippen molar-refractivity contribution in [3.05, 3.63) is 12.7 Å². The summed E-state index contributed by atoms with van der Waals surface area (Å²) in [4.78, 5) is 33.5. The molecule has 0 radical (unpaired) electrons. The Bertz CT molecular complexity index is 508. The molecule has 0 aliphatic rings. The fourth-order valence-corrected chi connectivity index (χ4v) is 2.27. The maximum atomic E-state index is 11.4. The van der Waals surface area contributed by atoms with E-state index in [9.17, 15) is 22.8 Å². The molecule has 0 rings (SSSR count). The molecular weight excluding hydrogens is 324 g/mol. The molecule has 0 heterocycles. The van der Waals surface area contributed by atoms with Crippen molar-refractivity contribution in [1.29, 1.82) is 0 Å². The minimum Gasteiger partial charge on any atom is -0.466 e. The second-order valence-electron chi connectivity index (χ2n) is 4.92. The van der Waals surface area contributed by atoms with Crippen molar-refractivity contribution >= 4 is 27.2 Å². The van der Waals surface area contributed by atoms with Crippen LogP contribution in [-0.4, -0.2) is 32.1 Å². The number of hydrogen-bond donors (Lipinski definition) is 0. The topological polar surface area (TPSA) is 104 Å². The minimum absolute atomic E-state index is 0.271. The van der Waals surface area contributed by atoms with Crippen LogP contribution in [0.1, 0.15) is 58.3 Å². The summed E-state index contributed by atoms with van der Waals surface area (Å²) < 4.78 is 31.3. The third kappa shape index (κ3) is 10.6. The SMILES string of the molecule is C=CC(=O)S(=O)(=O)OC(=O)CCC(=O)OCCCCCCCC. The van der Waals surface area contributed by atoms with Gasteiger partial charge in [-0.25, -0.2) is 0 Å². The van der Waals surface area contributed by atoms with Crippen LogP contribution in [0.15, 0.2) is 12.7 Å². The van der Waals surface area contributed by atoms with Gasteiger partial charge in [-0.3, -0.25) is 14.4 Å². The van der Waals surface area contributed by atoms with Gasteiger partial charge in [0.2, 0.25) is 0 Å². The highest BCUT2D eigenvalue weighted by molar-refractivity contribution is 8.02. The van der Waals surface area contributed by atoms with Crippen molar-refractivity contribution in [3.8, 4) is 0 Å². The number of unbranched alkanes of at least 4 members (excludes halogenated alkanes) is 5. The Hall–Kier alpha value is -1.70. The smallest absolute Gasteiger partial charge is 0.380 e. The van der Waals surface area contributed by atoms with Crippen molar-refractivity contribution < 1.29 is 31.7 Å². The van der Waals surface area contributed by atoms with Crippen LogP contribution in [0.3, 0.4) is 0 Å². The summed E-state index contributed by atoms with van der Waals surface area (Å²) in [6, 6.07) is 0. The third-order valence-corrected chi connectivity index (χ3v) is 3.97. The van der Waals surface area contributed by atoms with Crippen LogP contribution in [0.2, 0.25) is 0 Å². The van der Waals surface area contributed by atoms with Crippen molar-refractivity contribution in [1.82, 2.24) is 0 Å². The lowest BCUT2D eigenvalue weighted by Gasteiger charge is -2.05. The predicted molar refractivity (Wildman–Crippen MR) is 83.8 cm³/mol. The van der Waals surface area contributed by atoms with E-state index >= 15 is 0 Å². The van der Waals surface area contributed by atoms with Crippen LogP contribution < -0.4 is 0 Å². The molecular formula is C15H24O7S. The maximum Gasteiger partial charge on any atom is 0.380 e. The lowest BCUT2D eigenvalue weighted by molar-refractivity contribution is -0.147. The molecule has 0 aliphatic carbocycles. The number of carbonyl (C=O) groups excluding carboxylic acids is 3. The summed E-state index contributed by atoms with van der Waals surface area (Å²) >= 11 is 0. The summed E-state index contributed by atoms with van der Waals surface area (Å²) in [5, 5.41) is -1.41. The zero-order chi connectivity index (χ0) is 17.7. The number of carbonyl (C=O) groups is 3. The van der Waals surface area contributed by atoms with Crippen LogP contribution in [0.4, 0.5) is 0 Å². The van der Waals surface area contributed by atoms with Gasteiger partial charge in [-0.2, -0.15) is 8.42 Å². The highest BCUT2D eigenvalue weighted by atomic mass is 32.2. The second-order valence-corrected chi connectivity index (χ2v) is 6.40. The number of hydrogen-bond acceptors (Lipinski definition) is 7. The number of esters is 1. The largest absolute Gasteiger partial charge is 0.466 e. The van der Waals surface area contributed by atoms with Crippen molar-refractivity contribution in [2.24, 2.45) is 0 Å². The van der Waals surface area contributed by atoms with Gasteiger partial charge in [0, 0.05) is 0 Å². The first kappa shape index (κ1) is 21.3. The van der Waals surface area contributed by atoms with Gasteiger partial charge in [0.1, 0.15) is 0 Å². The molecule has 0 saturated heterocycles. The standard InChI is InChI=1S/C15H24O7S/c1-3-5-6-7-8-9-12-21-13(16)10-11-14(17)22-23(19,20)15(18)4-2/h4H,2-3,5-12H2,1H3. The predicted octanol–water partition coefficient (Wildman–Crippen LogP) is 2.26. The average Bonchev–Trinajstić information content (AvgIpc) is 2.50. The minimum atomic E-state index is -4.65. The quantitative estimate of drug-likeness (QED) is 0.244. The van der Waals surface area contributed by atoms with Gasteiger partial charge in [-0.15, -0.1) is 0 Å². The Kier molecular flexibility index (Phi) is 10.9. The zero-order valence-electron chi connectivity index (χ0n) is 13.4. The highest BCUT2D eigenvalue weighted by Crippen LogP contribution is 2.06. The Morgan fingerprint density at radius 3 is 2.13 bits per heavy atom. The molecule has 0 spiro atoms. The first-order valence-electron chi connectivity index (χ1n) is 7.62. The molecule has 0 unspecified atom stereocenters. The number of ether oxygens (including phenoxy) is 1. The summed E-state index contributed by atoms with van der Waals surface area (Å²) in [6.07, 6.45) is 6.08. The second kappa shape index (κ2) is 11.8. The molecule has 0 aromatic heterocycles. The van der Waals surface area contributed by atoms with E-state index in [0.29, 0.717) is 6.08 Å². The van der Waals surface area contributed by atoms with Gasteiger partial charge < -0.3 is 8.92 Å². The molecule has 0 atom stereocenters. The monoisotopic (exact) mass is 348 g/mol. The summed E-state index contributed by atoms with van der Waals surface area (Å²) in [6.45, 7) is 5.38. The van der Waals surface area contributed by atoms with Crippen LogP contribution in [0, 0.1) is 0 Å². The van der Waals surface area contributed by atoms with Gasteiger partial charge in [0.25, 0.3) is 0 Å². The Morgan fingerprint density at radius 1 is 0.957 bits per heavy atom. The summed E-state index contributed by atoms with van der Waals surface area (Å²) in [5.41, 5.74) is 0. The van der Waals surface area contributed by atoms with Gasteiger partial charge in [0.05, 0.1) is 19.4 Å². The van der Waals surface area contributed by atoms with Crippen LogP contribution in [0.25, 0.3) is 0 Å². The molecule has 0 saturated carbocycles. The van der Waals surface area contributed by atoms with Crippen molar-refractivity contribution in [3.63, 3.8) is 0 Å². The van der Waals surface area contributed by atoms with Crippen molar-refractivity contribution in [2.75, 3.05) is 6.61 Å². The molecule has 0 bridgehead atoms. The number of rotatable bonds is 11. The van der Waals surface area contributed by atoms with E-state index in [2.05, 4.69) is 17.7 Å². The van der Waals surface area contributed by atoms with E-state index in [1.165, 1.54) is 12.8 Å². The normalized spacial score (nSPS) is 10.8. The Labute approximate surface area is 137 Å². The Balaban J connectivity index is 3.83. The molecule has 132 valence electrons. The fraction of sp³-hybridized carbons (Fsp3) is 0.667. The summed E-state index contributed by atoms with van der Waals surface area (Å²) in [5.74, 6) is -1.79. The molecule has 8 heteroatoms. The van der Waals surface area contributed by atoms with Gasteiger partial charge in [-0.1, -0.05) is 45.6 Å². The van der Waals surface area contributed by atoms with E-state index in [1.807, 2.05) is 0 Å². The molecule has 0 amide bonds. The third-order valence-electron chi connectivity index (χ3n) is 2.91. The first-order valence-corrected chi connectivity index (χ1v) is 9.03. The fourth-order valence-electron chi connectivity index (χ4n) is 1.65. The van der Waals surface area contributed by atoms with E-state index in [-0.39, 0.29) is 13.0 Å². The molecule has 23 heavy (non-hydrogen) atoms. The van der Waals surface area contributed by atoms with E-state index in [4.69, 9.17) is 4.74 Å². The lowest BCUT2D eigenvalue weighted by atomic mass is 10.1. The van der Waals surface area contributed by atoms with Crippen molar-refractivity contribution in [2.45, 2.75) is 58.3 Å². The maximum absolute atomic E-state index is 11.4. The van der Waals surface area contributed by atoms with E-state index in [0.717, 1.165) is 25.7 Å². The highest BCUT2D eigenvalue weighted by Gasteiger charge is 2.24. The molecule has 0 fully saturated rings. The van der Waals surface area contributed by atoms with Crippen LogP contribution in [-0.2, 0) is 33.4 Å². The van der Waals surface area contributed by atoms with E-state index < -0.39 is 33.6 Å². The molecule has 7 nitrogen and oxygen atoms in total. The van der Waals surface area contributed by atoms with Gasteiger partial charge >= 0.3 is 27.2 Å². The van der Waals surface area contributed by atoms with Crippen LogP contribution >= 0.6 is 0 Å². The molecule has 0 aromatic carbocycles. The van der Waals surface area contributed by atoms with Gasteiger partial charge in [0.15, 0.2) is 0 Å². The molecule has 0 aromatic rings. The average molecular weight is 348 g/mol. The zero-order valence-corrected chi connectivity index (χ0v) is 14.2. The Morgan fingerprint density at radius 2 is 1.52 bits per heavy atom. The molecule has 0 N–H and O–H groups in total. The summed E-state index contributed by atoms with van der Waals surface area (Å²) in [7, 11) is -4.65. The molecule has 0 aliphatic heterocycles.